The van der Waals surface area contributed by atoms with Gasteiger partial charge >= 0.3 is 11.9 Å². The van der Waals surface area contributed by atoms with E-state index >= 15 is 0 Å². The van der Waals surface area contributed by atoms with E-state index < -0.39 is 17.9 Å². The van der Waals surface area contributed by atoms with Crippen molar-refractivity contribution in [3.8, 4) is 11.1 Å². The highest BCUT2D eigenvalue weighted by Gasteiger charge is 2.38. The van der Waals surface area contributed by atoms with E-state index in [1.807, 2.05) is 68.6 Å². The summed E-state index contributed by atoms with van der Waals surface area (Å²) in [6.07, 6.45) is 1.84. The standard InChI is InChI=1S/C28H28N2O4/c1-5-33-27(31)24-17(3)30-18(4)25(28(32)34-6-2)26(24)21-13-10-14-23-22(21)15-20(16-29-23)19-11-8-7-9-12-19/h7-16,26,30H,5-6H2,1-4H3. The Hall–Kier alpha value is -3.93. The van der Waals surface area contributed by atoms with Crippen molar-refractivity contribution in [2.75, 3.05) is 13.2 Å². The van der Waals surface area contributed by atoms with Gasteiger partial charge in [0.2, 0.25) is 0 Å². The van der Waals surface area contributed by atoms with Crippen molar-refractivity contribution in [3.63, 3.8) is 0 Å². The highest BCUT2D eigenvalue weighted by atomic mass is 16.5. The third-order valence-corrected chi connectivity index (χ3v) is 5.93. The van der Waals surface area contributed by atoms with Crippen LogP contribution in [0, 0.1) is 0 Å². The number of rotatable bonds is 6. The van der Waals surface area contributed by atoms with Crippen molar-refractivity contribution < 1.29 is 19.1 Å². The summed E-state index contributed by atoms with van der Waals surface area (Å²) in [5.74, 6) is -1.58. The minimum absolute atomic E-state index is 0.231. The molecule has 0 spiro atoms. The molecule has 2 aromatic carbocycles. The first-order chi connectivity index (χ1) is 16.5. The van der Waals surface area contributed by atoms with Crippen LogP contribution in [0.15, 0.2) is 83.3 Å². The molecule has 174 valence electrons. The van der Waals surface area contributed by atoms with Crippen LogP contribution in [0.5, 0.6) is 0 Å². The van der Waals surface area contributed by atoms with Crippen LogP contribution < -0.4 is 5.32 Å². The van der Waals surface area contributed by atoms with Gasteiger partial charge in [-0.1, -0.05) is 42.5 Å². The number of hydrogen-bond donors (Lipinski definition) is 1. The summed E-state index contributed by atoms with van der Waals surface area (Å²) in [7, 11) is 0. The fraction of sp³-hybridized carbons (Fsp3) is 0.250. The fourth-order valence-electron chi connectivity index (χ4n) is 4.48. The zero-order valence-corrected chi connectivity index (χ0v) is 19.8. The number of carbonyl (C=O) groups is 2. The third kappa shape index (κ3) is 4.31. The zero-order valence-electron chi connectivity index (χ0n) is 19.8. The number of aromatic nitrogens is 1. The van der Waals surface area contributed by atoms with Crippen LogP contribution in [0.1, 0.15) is 39.2 Å². The van der Waals surface area contributed by atoms with Gasteiger partial charge in [0, 0.05) is 28.5 Å². The summed E-state index contributed by atoms with van der Waals surface area (Å²) in [5, 5.41) is 4.05. The van der Waals surface area contributed by atoms with Gasteiger partial charge in [0.15, 0.2) is 0 Å². The number of hydrogen-bond acceptors (Lipinski definition) is 6. The Bertz CT molecular complexity index is 1270. The summed E-state index contributed by atoms with van der Waals surface area (Å²) in [4.78, 5) is 31.0. The van der Waals surface area contributed by atoms with Gasteiger partial charge in [-0.25, -0.2) is 9.59 Å². The van der Waals surface area contributed by atoms with E-state index in [-0.39, 0.29) is 13.2 Å². The maximum absolute atomic E-state index is 13.1. The number of esters is 2. The lowest BCUT2D eigenvalue weighted by Gasteiger charge is -2.31. The Morgan fingerprint density at radius 2 is 1.47 bits per heavy atom. The molecular weight excluding hydrogens is 428 g/mol. The highest BCUT2D eigenvalue weighted by molar-refractivity contribution is 6.02. The van der Waals surface area contributed by atoms with E-state index in [1.165, 1.54) is 0 Å². The molecule has 0 radical (unpaired) electrons. The van der Waals surface area contributed by atoms with Crippen molar-refractivity contribution in [1.29, 1.82) is 0 Å². The number of allylic oxidation sites excluding steroid dienone is 2. The molecule has 2 heterocycles. The summed E-state index contributed by atoms with van der Waals surface area (Å²) in [5.41, 5.74) is 5.65. The molecule has 3 aromatic rings. The van der Waals surface area contributed by atoms with Crippen molar-refractivity contribution >= 4 is 22.8 Å². The Labute approximate surface area is 199 Å². The topological polar surface area (TPSA) is 77.5 Å². The normalized spacial score (nSPS) is 14.2. The molecule has 1 aliphatic rings. The first-order valence-corrected chi connectivity index (χ1v) is 11.4. The molecule has 1 aromatic heterocycles. The van der Waals surface area contributed by atoms with Crippen LogP contribution in [0.4, 0.5) is 0 Å². The van der Waals surface area contributed by atoms with Gasteiger partial charge in [-0.2, -0.15) is 0 Å². The van der Waals surface area contributed by atoms with Crippen LogP contribution in [0.3, 0.4) is 0 Å². The molecule has 0 saturated heterocycles. The molecule has 4 rings (SSSR count). The molecule has 0 saturated carbocycles. The van der Waals surface area contributed by atoms with E-state index in [0.29, 0.717) is 22.5 Å². The van der Waals surface area contributed by atoms with Gasteiger partial charge in [-0.15, -0.1) is 0 Å². The Balaban J connectivity index is 1.98. The van der Waals surface area contributed by atoms with E-state index in [0.717, 1.165) is 27.6 Å². The largest absolute Gasteiger partial charge is 0.463 e. The van der Waals surface area contributed by atoms with E-state index in [9.17, 15) is 9.59 Å². The first-order valence-electron chi connectivity index (χ1n) is 11.4. The molecule has 6 nitrogen and oxygen atoms in total. The monoisotopic (exact) mass is 456 g/mol. The number of nitrogens with zero attached hydrogens (tertiary/aromatic N) is 1. The van der Waals surface area contributed by atoms with Gasteiger partial charge < -0.3 is 14.8 Å². The summed E-state index contributed by atoms with van der Waals surface area (Å²) in [6, 6.07) is 17.8. The van der Waals surface area contributed by atoms with E-state index in [2.05, 4.69) is 16.4 Å². The number of pyridine rings is 1. The predicted molar refractivity (Wildman–Crippen MR) is 132 cm³/mol. The molecule has 0 fully saturated rings. The molecule has 1 aliphatic heterocycles. The van der Waals surface area contributed by atoms with Crippen LogP contribution in [0.2, 0.25) is 0 Å². The van der Waals surface area contributed by atoms with Crippen LogP contribution in [-0.2, 0) is 19.1 Å². The smallest absolute Gasteiger partial charge is 0.336 e. The Kier molecular flexibility index (Phi) is 6.77. The number of carbonyl (C=O) groups excluding carboxylic acids is 2. The Morgan fingerprint density at radius 1 is 0.853 bits per heavy atom. The molecule has 34 heavy (non-hydrogen) atoms. The molecule has 0 bridgehead atoms. The van der Waals surface area contributed by atoms with Crippen molar-refractivity contribution in [1.82, 2.24) is 10.3 Å². The average Bonchev–Trinajstić information content (AvgIpc) is 2.83. The van der Waals surface area contributed by atoms with Gasteiger partial charge in [-0.05, 0) is 51.0 Å². The minimum Gasteiger partial charge on any atom is -0.463 e. The second-order valence-corrected chi connectivity index (χ2v) is 8.08. The van der Waals surface area contributed by atoms with Crippen molar-refractivity contribution in [2.24, 2.45) is 0 Å². The van der Waals surface area contributed by atoms with Gasteiger partial charge in [0.05, 0.1) is 35.8 Å². The number of dihydropyridines is 1. The number of ether oxygens (including phenoxy) is 2. The number of nitrogens with one attached hydrogen (secondary N) is 1. The number of fused-ring (bicyclic) bond motifs is 1. The fourth-order valence-corrected chi connectivity index (χ4v) is 4.48. The molecular formula is C28H28N2O4. The summed E-state index contributed by atoms with van der Waals surface area (Å²) in [6.45, 7) is 7.64. The summed E-state index contributed by atoms with van der Waals surface area (Å²) < 4.78 is 10.8. The molecule has 0 unspecified atom stereocenters. The number of benzene rings is 2. The maximum atomic E-state index is 13.1. The van der Waals surface area contributed by atoms with Gasteiger partial charge in [-0.3, -0.25) is 4.98 Å². The van der Waals surface area contributed by atoms with E-state index in [1.54, 1.807) is 13.8 Å². The lowest BCUT2D eigenvalue weighted by atomic mass is 9.79. The van der Waals surface area contributed by atoms with Crippen LogP contribution in [0.25, 0.3) is 22.0 Å². The van der Waals surface area contributed by atoms with Gasteiger partial charge in [0.1, 0.15) is 0 Å². The molecule has 0 atom stereocenters. The maximum Gasteiger partial charge on any atom is 0.336 e. The first kappa shape index (κ1) is 23.2. The quantitative estimate of drug-likeness (QED) is 0.510. The molecule has 0 aliphatic carbocycles. The lowest BCUT2D eigenvalue weighted by molar-refractivity contribution is -0.139. The summed E-state index contributed by atoms with van der Waals surface area (Å²) >= 11 is 0. The van der Waals surface area contributed by atoms with Crippen molar-refractivity contribution in [3.05, 3.63) is 88.9 Å². The minimum atomic E-state index is -0.657. The van der Waals surface area contributed by atoms with Crippen LogP contribution >= 0.6 is 0 Å². The Morgan fingerprint density at radius 3 is 2.06 bits per heavy atom. The SMILES string of the molecule is CCOC(=O)C1=C(C)NC(C)=C(C(=O)OCC)C1c1cccc2ncc(-c3ccccc3)cc12. The second-order valence-electron chi connectivity index (χ2n) is 8.08. The van der Waals surface area contributed by atoms with E-state index in [4.69, 9.17) is 9.47 Å². The third-order valence-electron chi connectivity index (χ3n) is 5.93. The van der Waals surface area contributed by atoms with Crippen molar-refractivity contribution in [2.45, 2.75) is 33.6 Å². The van der Waals surface area contributed by atoms with Crippen LogP contribution in [-0.4, -0.2) is 30.1 Å². The zero-order chi connectivity index (χ0) is 24.2. The lowest BCUT2D eigenvalue weighted by Crippen LogP contribution is -2.32. The van der Waals surface area contributed by atoms with Gasteiger partial charge in [0.25, 0.3) is 0 Å². The molecule has 1 N–H and O–H groups in total. The average molecular weight is 457 g/mol. The second kappa shape index (κ2) is 9.91. The molecule has 0 amide bonds. The predicted octanol–water partition coefficient (Wildman–Crippen LogP) is 5.26. The highest BCUT2D eigenvalue weighted by Crippen LogP contribution is 2.42. The molecule has 6 heteroatoms.